The van der Waals surface area contributed by atoms with Gasteiger partial charge in [0.2, 0.25) is 0 Å². The van der Waals surface area contributed by atoms with Crippen LogP contribution in [0.15, 0.2) is 18.7 Å². The molecule has 0 aliphatic carbocycles. The number of carbonyl (C=O) groups is 1. The summed E-state index contributed by atoms with van der Waals surface area (Å²) >= 11 is 6.03. The highest BCUT2D eigenvalue weighted by atomic mass is 35.5. The molecule has 2 aromatic rings. The van der Waals surface area contributed by atoms with Gasteiger partial charge in [-0.2, -0.15) is 0 Å². The lowest BCUT2D eigenvalue weighted by Gasteiger charge is -2.17. The number of nitrogens with two attached hydrogens (primary N) is 1. The molecule has 1 heterocycles. The first-order chi connectivity index (χ1) is 11.3. The first-order valence-electron chi connectivity index (χ1n) is 6.85. The van der Waals surface area contributed by atoms with Gasteiger partial charge in [-0.05, 0) is 12.1 Å². The lowest BCUT2D eigenvalue weighted by atomic mass is 10.1. The van der Waals surface area contributed by atoms with Crippen LogP contribution in [0.5, 0.6) is 0 Å². The van der Waals surface area contributed by atoms with Crippen LogP contribution >= 0.6 is 11.6 Å². The van der Waals surface area contributed by atoms with Gasteiger partial charge in [0.05, 0.1) is 23.4 Å². The van der Waals surface area contributed by atoms with Gasteiger partial charge in [0.1, 0.15) is 5.82 Å². The summed E-state index contributed by atoms with van der Waals surface area (Å²) in [6.07, 6.45) is 1.34. The summed E-state index contributed by atoms with van der Waals surface area (Å²) in [5.74, 6) is -1.39. The largest absolute Gasteiger partial charge is 0.464 e. The number of halogens is 2. The highest BCUT2D eigenvalue weighted by Crippen LogP contribution is 2.34. The van der Waals surface area contributed by atoms with E-state index in [9.17, 15) is 9.18 Å². The Balaban J connectivity index is 2.75. The fourth-order valence-electron chi connectivity index (χ4n) is 2.18. The van der Waals surface area contributed by atoms with E-state index in [0.29, 0.717) is 0 Å². The maximum absolute atomic E-state index is 14.8. The highest BCUT2D eigenvalue weighted by molar-refractivity contribution is 6.33. The van der Waals surface area contributed by atoms with E-state index >= 15 is 0 Å². The minimum absolute atomic E-state index is 0.00356. The lowest BCUT2D eigenvalue weighted by Crippen LogP contribution is -2.14. The Bertz CT molecular complexity index is 824. The molecular formula is C16H16ClFN4O2. The average molecular weight is 351 g/mol. The van der Waals surface area contributed by atoms with Crippen LogP contribution in [-0.2, 0) is 4.74 Å². The van der Waals surface area contributed by atoms with Gasteiger partial charge in [-0.3, -0.25) is 0 Å². The number of aromatic nitrogens is 2. The van der Waals surface area contributed by atoms with Crippen LogP contribution in [0.25, 0.3) is 17.5 Å². The highest BCUT2D eigenvalue weighted by Gasteiger charge is 2.22. The third-order valence-electron chi connectivity index (χ3n) is 3.31. The van der Waals surface area contributed by atoms with Gasteiger partial charge < -0.3 is 15.4 Å². The summed E-state index contributed by atoms with van der Waals surface area (Å²) in [6, 6.07) is 2.95. The topological polar surface area (TPSA) is 81.3 Å². The Kier molecular flexibility index (Phi) is 5.04. The second-order valence-electron chi connectivity index (χ2n) is 5.04. The van der Waals surface area contributed by atoms with Gasteiger partial charge >= 0.3 is 5.97 Å². The normalized spacial score (nSPS) is 10.4. The summed E-state index contributed by atoms with van der Waals surface area (Å²) in [6.45, 7) is 3.57. The fraction of sp³-hybridized carbons (Fsp3) is 0.188. The van der Waals surface area contributed by atoms with Crippen LogP contribution in [0.4, 0.5) is 15.9 Å². The minimum atomic E-state index is -0.720. The van der Waals surface area contributed by atoms with Crippen molar-refractivity contribution in [3.05, 3.63) is 40.8 Å². The number of methoxy groups -OCH3 is 1. The van der Waals surface area contributed by atoms with Crippen molar-refractivity contribution in [1.29, 1.82) is 0 Å². The molecule has 0 aliphatic rings. The smallest absolute Gasteiger partial charge is 0.357 e. The number of hydrogen-bond donors (Lipinski definition) is 1. The average Bonchev–Trinajstić information content (AvgIpc) is 2.53. The summed E-state index contributed by atoms with van der Waals surface area (Å²) in [7, 11) is 4.52. The van der Waals surface area contributed by atoms with Gasteiger partial charge in [-0.15, -0.1) is 0 Å². The fourth-order valence-corrected chi connectivity index (χ4v) is 2.50. The van der Waals surface area contributed by atoms with Gasteiger partial charge in [0.15, 0.2) is 17.3 Å². The monoisotopic (exact) mass is 350 g/mol. The Labute approximate surface area is 143 Å². The Morgan fingerprint density at radius 3 is 2.62 bits per heavy atom. The molecule has 0 aliphatic heterocycles. The Hall–Kier alpha value is -2.67. The van der Waals surface area contributed by atoms with Crippen LogP contribution in [-0.4, -0.2) is 37.1 Å². The molecule has 0 spiro atoms. The van der Waals surface area contributed by atoms with E-state index in [1.165, 1.54) is 30.2 Å². The molecule has 8 heteroatoms. The molecule has 0 amide bonds. The van der Waals surface area contributed by atoms with E-state index in [4.69, 9.17) is 17.3 Å². The molecule has 6 nitrogen and oxygen atoms in total. The number of hydrogen-bond acceptors (Lipinski definition) is 6. The zero-order chi connectivity index (χ0) is 18.0. The third-order valence-corrected chi connectivity index (χ3v) is 3.62. The van der Waals surface area contributed by atoms with Gasteiger partial charge in [-0.1, -0.05) is 24.3 Å². The molecule has 0 fully saturated rings. The maximum atomic E-state index is 14.8. The van der Waals surface area contributed by atoms with Crippen LogP contribution < -0.4 is 10.6 Å². The number of anilines is 2. The van der Waals surface area contributed by atoms with Gasteiger partial charge in [-0.25, -0.2) is 19.2 Å². The van der Waals surface area contributed by atoms with Crippen molar-refractivity contribution in [3.63, 3.8) is 0 Å². The second kappa shape index (κ2) is 6.84. The van der Waals surface area contributed by atoms with Crippen LogP contribution in [0, 0.1) is 5.82 Å². The molecule has 126 valence electrons. The number of esters is 1. The predicted octanol–water partition coefficient (Wildman–Crippen LogP) is 3.01. The predicted molar refractivity (Wildman–Crippen MR) is 92.6 cm³/mol. The van der Waals surface area contributed by atoms with E-state index in [1.807, 2.05) is 0 Å². The molecule has 0 bridgehead atoms. The molecule has 2 N–H and O–H groups in total. The van der Waals surface area contributed by atoms with Gasteiger partial charge in [0, 0.05) is 19.7 Å². The van der Waals surface area contributed by atoms with Crippen LogP contribution in [0.1, 0.15) is 16.1 Å². The molecule has 0 atom stereocenters. The molecule has 0 saturated carbocycles. The van der Waals surface area contributed by atoms with E-state index in [2.05, 4.69) is 21.3 Å². The molecular weight excluding hydrogens is 335 g/mol. The van der Waals surface area contributed by atoms with Gasteiger partial charge in [0.25, 0.3) is 0 Å². The van der Waals surface area contributed by atoms with Crippen molar-refractivity contribution in [3.8, 4) is 11.4 Å². The zero-order valence-corrected chi connectivity index (χ0v) is 14.2. The number of nitrogen functional groups attached to an aromatic ring is 1. The number of nitrogens with zero attached hydrogens (tertiary/aromatic N) is 3. The molecule has 0 unspecified atom stereocenters. The molecule has 0 saturated heterocycles. The van der Waals surface area contributed by atoms with Crippen molar-refractivity contribution in [2.75, 3.05) is 31.8 Å². The molecule has 0 radical (unpaired) electrons. The number of carbonyl (C=O) groups excluding carboxylic acids is 1. The quantitative estimate of drug-likeness (QED) is 0.854. The molecule has 1 aromatic carbocycles. The number of rotatable bonds is 4. The zero-order valence-electron chi connectivity index (χ0n) is 13.4. The number of benzene rings is 1. The first-order valence-corrected chi connectivity index (χ1v) is 7.23. The third kappa shape index (κ3) is 3.03. The van der Waals surface area contributed by atoms with Crippen LogP contribution in [0.3, 0.4) is 0 Å². The molecule has 1 aromatic heterocycles. The minimum Gasteiger partial charge on any atom is -0.464 e. The van der Waals surface area contributed by atoms with E-state index < -0.39 is 11.8 Å². The maximum Gasteiger partial charge on any atom is 0.357 e. The lowest BCUT2D eigenvalue weighted by molar-refractivity contribution is 0.0593. The number of ether oxygens (including phenoxy) is 1. The summed E-state index contributed by atoms with van der Waals surface area (Å²) in [5.41, 5.74) is 6.24. The molecule has 2 rings (SSSR count). The van der Waals surface area contributed by atoms with E-state index in [-0.39, 0.29) is 39.2 Å². The van der Waals surface area contributed by atoms with E-state index in [1.54, 1.807) is 14.1 Å². The summed E-state index contributed by atoms with van der Waals surface area (Å²) in [4.78, 5) is 21.6. The van der Waals surface area contributed by atoms with Crippen molar-refractivity contribution in [1.82, 2.24) is 9.97 Å². The van der Waals surface area contributed by atoms with Crippen molar-refractivity contribution in [2.24, 2.45) is 0 Å². The van der Waals surface area contributed by atoms with Crippen molar-refractivity contribution >= 4 is 35.2 Å². The summed E-state index contributed by atoms with van der Waals surface area (Å²) in [5, 5.41) is 0.241. The Morgan fingerprint density at radius 2 is 2.08 bits per heavy atom. The van der Waals surface area contributed by atoms with Crippen molar-refractivity contribution < 1.29 is 13.9 Å². The standard InChI is InChI=1S/C16H16ClFN4O2/c1-5-8-12(16(23)24-4)20-15(21-14(8)19)9-6-7-10(17)13(11(9)18)22(2)3/h5-7H,1H2,2-4H3,(H2,19,20,21). The SMILES string of the molecule is C=Cc1c(N)nc(-c2ccc(Cl)c(N(C)C)c2F)nc1C(=O)OC. The first kappa shape index (κ1) is 17.7. The van der Waals surface area contributed by atoms with E-state index in [0.717, 1.165) is 0 Å². The second-order valence-corrected chi connectivity index (χ2v) is 5.45. The van der Waals surface area contributed by atoms with Crippen molar-refractivity contribution in [2.45, 2.75) is 0 Å². The summed E-state index contributed by atoms with van der Waals surface area (Å²) < 4.78 is 19.5. The Morgan fingerprint density at radius 1 is 1.42 bits per heavy atom. The molecule has 24 heavy (non-hydrogen) atoms. The van der Waals surface area contributed by atoms with Crippen LogP contribution in [0.2, 0.25) is 5.02 Å².